The summed E-state index contributed by atoms with van der Waals surface area (Å²) in [6.07, 6.45) is 3.22. The minimum Gasteiger partial charge on any atom is -0.478 e. The number of aliphatic hydroxyl groups excluding tert-OH is 1. The van der Waals surface area contributed by atoms with Gasteiger partial charge >= 0.3 is 5.97 Å². The summed E-state index contributed by atoms with van der Waals surface area (Å²) in [5.74, 6) is -1.03. The van der Waals surface area contributed by atoms with Gasteiger partial charge in [0.2, 0.25) is 0 Å². The van der Waals surface area contributed by atoms with Gasteiger partial charge in [0, 0.05) is 25.4 Å². The maximum absolute atomic E-state index is 10.8. The van der Waals surface area contributed by atoms with Crippen LogP contribution >= 0.6 is 0 Å². The Labute approximate surface area is 93.4 Å². The molecule has 1 aromatic heterocycles. The van der Waals surface area contributed by atoms with Crippen LogP contribution in [0.25, 0.3) is 0 Å². The van der Waals surface area contributed by atoms with Gasteiger partial charge in [0.15, 0.2) is 0 Å². The van der Waals surface area contributed by atoms with Crippen molar-refractivity contribution in [2.24, 2.45) is 0 Å². The van der Waals surface area contributed by atoms with Crippen molar-refractivity contribution in [2.45, 2.75) is 25.9 Å². The number of aliphatic hydroxyl groups is 1. The molecular weight excluding hydrogens is 210 g/mol. The van der Waals surface area contributed by atoms with Gasteiger partial charge in [-0.1, -0.05) is 0 Å². The number of nitrogens with one attached hydrogen (secondary N) is 1. The Hall–Kier alpha value is -1.53. The van der Waals surface area contributed by atoms with E-state index in [1.807, 2.05) is 6.92 Å². The second-order valence-corrected chi connectivity index (χ2v) is 3.48. The number of aromatic nitrogens is 2. The number of carboxylic acids is 1. The summed E-state index contributed by atoms with van der Waals surface area (Å²) in [4.78, 5) is 18.4. The smallest absolute Gasteiger partial charge is 0.339 e. The van der Waals surface area contributed by atoms with Crippen LogP contribution in [0.4, 0.5) is 0 Å². The van der Waals surface area contributed by atoms with Crippen LogP contribution in [0.15, 0.2) is 12.5 Å². The van der Waals surface area contributed by atoms with Gasteiger partial charge in [-0.15, -0.1) is 0 Å². The first-order chi connectivity index (χ1) is 7.65. The normalized spacial score (nSPS) is 12.4. The van der Waals surface area contributed by atoms with E-state index in [1.54, 1.807) is 0 Å². The molecule has 0 radical (unpaired) electrons. The monoisotopic (exact) mass is 225 g/mol. The topological polar surface area (TPSA) is 95.3 Å². The van der Waals surface area contributed by atoms with E-state index in [0.29, 0.717) is 18.7 Å². The van der Waals surface area contributed by atoms with Gasteiger partial charge in [0.1, 0.15) is 11.9 Å². The standard InChI is InChI=1S/C10H15N3O3/c1-7(2-3-14)12-5-9-8(10(15)16)4-11-6-13-9/h4,6-7,12,14H,2-3,5H2,1H3,(H,15,16). The quantitative estimate of drug-likeness (QED) is 0.632. The number of rotatable bonds is 6. The van der Waals surface area contributed by atoms with Gasteiger partial charge in [0.25, 0.3) is 0 Å². The van der Waals surface area contributed by atoms with Gasteiger partial charge in [0.05, 0.1) is 5.69 Å². The van der Waals surface area contributed by atoms with Crippen LogP contribution in [0.2, 0.25) is 0 Å². The van der Waals surface area contributed by atoms with Crippen LogP contribution in [0, 0.1) is 0 Å². The molecule has 0 amide bonds. The number of nitrogens with zero attached hydrogens (tertiary/aromatic N) is 2. The molecule has 88 valence electrons. The van der Waals surface area contributed by atoms with Gasteiger partial charge in [-0.05, 0) is 13.3 Å². The van der Waals surface area contributed by atoms with Crippen LogP contribution in [0.5, 0.6) is 0 Å². The molecule has 1 heterocycles. The largest absolute Gasteiger partial charge is 0.478 e. The zero-order valence-electron chi connectivity index (χ0n) is 9.05. The summed E-state index contributed by atoms with van der Waals surface area (Å²) in [5, 5.41) is 20.7. The third kappa shape index (κ3) is 3.56. The third-order valence-corrected chi connectivity index (χ3v) is 2.21. The maximum atomic E-state index is 10.8. The Kier molecular flexibility index (Phi) is 4.81. The van der Waals surface area contributed by atoms with Crippen molar-refractivity contribution >= 4 is 5.97 Å². The molecule has 0 aliphatic rings. The summed E-state index contributed by atoms with van der Waals surface area (Å²) < 4.78 is 0. The van der Waals surface area contributed by atoms with Crippen molar-refractivity contribution < 1.29 is 15.0 Å². The fourth-order valence-electron chi connectivity index (χ4n) is 1.24. The van der Waals surface area contributed by atoms with E-state index in [1.165, 1.54) is 12.5 Å². The molecule has 6 heteroatoms. The van der Waals surface area contributed by atoms with Gasteiger partial charge in [-0.3, -0.25) is 0 Å². The number of hydrogen-bond acceptors (Lipinski definition) is 5. The molecule has 0 aliphatic carbocycles. The molecule has 0 spiro atoms. The van der Waals surface area contributed by atoms with Crippen molar-refractivity contribution in [1.29, 1.82) is 0 Å². The molecule has 0 saturated heterocycles. The van der Waals surface area contributed by atoms with Crippen molar-refractivity contribution in [3.63, 3.8) is 0 Å². The Morgan fingerprint density at radius 3 is 3.00 bits per heavy atom. The zero-order chi connectivity index (χ0) is 12.0. The minimum atomic E-state index is -1.03. The van der Waals surface area contributed by atoms with Crippen molar-refractivity contribution in [3.8, 4) is 0 Å². The first kappa shape index (κ1) is 12.5. The highest BCUT2D eigenvalue weighted by atomic mass is 16.4. The molecule has 16 heavy (non-hydrogen) atoms. The lowest BCUT2D eigenvalue weighted by molar-refractivity contribution is 0.0694. The summed E-state index contributed by atoms with van der Waals surface area (Å²) in [6, 6.07) is 0.113. The van der Waals surface area contributed by atoms with E-state index in [2.05, 4.69) is 15.3 Å². The van der Waals surface area contributed by atoms with E-state index < -0.39 is 5.97 Å². The third-order valence-electron chi connectivity index (χ3n) is 2.21. The van der Waals surface area contributed by atoms with E-state index in [9.17, 15) is 4.79 Å². The minimum absolute atomic E-state index is 0.101. The molecule has 1 aromatic rings. The van der Waals surface area contributed by atoms with Gasteiger partial charge in [-0.25, -0.2) is 14.8 Å². The lowest BCUT2D eigenvalue weighted by atomic mass is 10.2. The van der Waals surface area contributed by atoms with Crippen molar-refractivity contribution in [1.82, 2.24) is 15.3 Å². The van der Waals surface area contributed by atoms with Crippen LogP contribution in [0.3, 0.4) is 0 Å². The molecule has 0 saturated carbocycles. The zero-order valence-corrected chi connectivity index (χ0v) is 9.05. The maximum Gasteiger partial charge on any atom is 0.339 e. The fraction of sp³-hybridized carbons (Fsp3) is 0.500. The average molecular weight is 225 g/mol. The highest BCUT2D eigenvalue weighted by Crippen LogP contribution is 2.04. The molecule has 6 nitrogen and oxygen atoms in total. The molecular formula is C10H15N3O3. The lowest BCUT2D eigenvalue weighted by Gasteiger charge is -2.12. The highest BCUT2D eigenvalue weighted by molar-refractivity contribution is 5.88. The average Bonchev–Trinajstić information content (AvgIpc) is 2.27. The molecule has 3 N–H and O–H groups in total. The van der Waals surface area contributed by atoms with Gasteiger partial charge < -0.3 is 15.5 Å². The molecule has 0 aliphatic heterocycles. The Balaban J connectivity index is 2.63. The van der Waals surface area contributed by atoms with E-state index >= 15 is 0 Å². The number of carboxylic acid groups (broad SMARTS) is 1. The van der Waals surface area contributed by atoms with E-state index in [-0.39, 0.29) is 18.2 Å². The van der Waals surface area contributed by atoms with Crippen LogP contribution in [-0.4, -0.2) is 38.8 Å². The SMILES string of the molecule is CC(CCO)NCc1ncncc1C(=O)O. The number of hydrogen-bond donors (Lipinski definition) is 3. The highest BCUT2D eigenvalue weighted by Gasteiger charge is 2.11. The van der Waals surface area contributed by atoms with E-state index in [4.69, 9.17) is 10.2 Å². The predicted molar refractivity (Wildman–Crippen MR) is 57.0 cm³/mol. The first-order valence-corrected chi connectivity index (χ1v) is 5.01. The van der Waals surface area contributed by atoms with Crippen LogP contribution in [0.1, 0.15) is 29.4 Å². The first-order valence-electron chi connectivity index (χ1n) is 5.01. The van der Waals surface area contributed by atoms with Crippen molar-refractivity contribution in [2.75, 3.05) is 6.61 Å². The molecule has 0 fully saturated rings. The molecule has 0 aromatic carbocycles. The summed E-state index contributed by atoms with van der Waals surface area (Å²) >= 11 is 0. The predicted octanol–water partition coefficient (Wildman–Crippen LogP) is 0.0353. The lowest BCUT2D eigenvalue weighted by Crippen LogP contribution is -2.27. The number of carbonyl (C=O) groups is 1. The Bertz CT molecular complexity index is 357. The second kappa shape index (κ2) is 6.14. The summed E-state index contributed by atoms with van der Waals surface area (Å²) in [6.45, 7) is 2.37. The fourth-order valence-corrected chi connectivity index (χ4v) is 1.24. The van der Waals surface area contributed by atoms with E-state index in [0.717, 1.165) is 0 Å². The molecule has 1 atom stereocenters. The van der Waals surface area contributed by atoms with Crippen LogP contribution < -0.4 is 5.32 Å². The summed E-state index contributed by atoms with van der Waals surface area (Å²) in [7, 11) is 0. The summed E-state index contributed by atoms with van der Waals surface area (Å²) in [5.41, 5.74) is 0.554. The Morgan fingerprint density at radius 2 is 2.38 bits per heavy atom. The van der Waals surface area contributed by atoms with Crippen molar-refractivity contribution in [3.05, 3.63) is 23.8 Å². The molecule has 1 unspecified atom stereocenters. The molecule has 1 rings (SSSR count). The van der Waals surface area contributed by atoms with Gasteiger partial charge in [-0.2, -0.15) is 0 Å². The van der Waals surface area contributed by atoms with Crippen LogP contribution in [-0.2, 0) is 6.54 Å². The second-order valence-electron chi connectivity index (χ2n) is 3.48. The Morgan fingerprint density at radius 1 is 1.62 bits per heavy atom. The molecule has 0 bridgehead atoms. The number of aromatic carboxylic acids is 1.